The summed E-state index contributed by atoms with van der Waals surface area (Å²) >= 11 is 0.712. The minimum atomic E-state index is -1.19. The summed E-state index contributed by atoms with van der Waals surface area (Å²) in [7, 11) is 1.50. The molecule has 0 aliphatic rings. The van der Waals surface area contributed by atoms with Crippen molar-refractivity contribution >= 4 is 40.6 Å². The van der Waals surface area contributed by atoms with Crippen LogP contribution in [0.1, 0.15) is 42.9 Å². The molecule has 1 atom stereocenters. The molecule has 0 bridgehead atoms. The second-order valence-corrected chi connectivity index (χ2v) is 8.59. The van der Waals surface area contributed by atoms with Crippen LogP contribution in [0.3, 0.4) is 0 Å². The minimum absolute atomic E-state index is 0.0474. The molecule has 0 saturated carbocycles. The molecule has 3 aromatic rings. The van der Waals surface area contributed by atoms with Gasteiger partial charge in [0.2, 0.25) is 5.91 Å². The fourth-order valence-corrected chi connectivity index (χ4v) is 4.18. The molecule has 35 heavy (non-hydrogen) atoms. The Kier molecular flexibility index (Phi) is 8.15. The van der Waals surface area contributed by atoms with Gasteiger partial charge in [-0.25, -0.2) is 4.39 Å². The number of primary amides is 1. The summed E-state index contributed by atoms with van der Waals surface area (Å²) < 4.78 is 22.6. The number of aromatic nitrogens is 1. The maximum Gasteiger partial charge on any atom is 0.273 e. The number of carbonyl (C=O) groups excluding carboxylic acids is 3. The number of amides is 3. The van der Waals surface area contributed by atoms with Gasteiger partial charge in [0, 0.05) is 19.3 Å². The number of methoxy groups -OCH3 is 1. The molecule has 11 heteroatoms. The number of rotatable bonds is 9. The van der Waals surface area contributed by atoms with Gasteiger partial charge in [-0.05, 0) is 66.3 Å². The Morgan fingerprint density at radius 3 is 2.40 bits per heavy atom. The molecule has 0 saturated heterocycles. The Morgan fingerprint density at radius 1 is 1.14 bits per heavy atom. The van der Waals surface area contributed by atoms with Gasteiger partial charge < -0.3 is 21.5 Å². The highest BCUT2D eigenvalue weighted by atomic mass is 32.1. The van der Waals surface area contributed by atoms with Crippen LogP contribution in [0.15, 0.2) is 42.5 Å². The molecule has 9 nitrogen and oxygen atoms in total. The molecule has 3 rings (SSSR count). The van der Waals surface area contributed by atoms with E-state index in [0.29, 0.717) is 22.8 Å². The summed E-state index contributed by atoms with van der Waals surface area (Å²) in [5, 5.41) is 2.75. The van der Waals surface area contributed by atoms with Crippen LogP contribution in [0.2, 0.25) is 0 Å². The zero-order valence-corrected chi connectivity index (χ0v) is 20.3. The molecule has 3 amide bonds. The van der Waals surface area contributed by atoms with Crippen molar-refractivity contribution in [2.45, 2.75) is 19.9 Å². The largest absolute Gasteiger partial charge is 0.395 e. The molecule has 0 aliphatic carbocycles. The Labute approximate surface area is 206 Å². The van der Waals surface area contributed by atoms with Crippen LogP contribution in [0.25, 0.3) is 0 Å². The van der Waals surface area contributed by atoms with Gasteiger partial charge in [0.1, 0.15) is 16.7 Å². The molecule has 0 radical (unpaired) electrons. The quantitative estimate of drug-likeness (QED) is 0.387. The van der Waals surface area contributed by atoms with Crippen molar-refractivity contribution in [3.8, 4) is 0 Å². The molecule has 0 aliphatic heterocycles. The summed E-state index contributed by atoms with van der Waals surface area (Å²) in [4.78, 5) is 40.2. The van der Waals surface area contributed by atoms with Crippen molar-refractivity contribution in [1.82, 2.24) is 9.69 Å². The maximum absolute atomic E-state index is 13.9. The highest BCUT2D eigenvalue weighted by Gasteiger charge is 2.36. The van der Waals surface area contributed by atoms with Crippen molar-refractivity contribution in [3.05, 3.63) is 75.5 Å². The van der Waals surface area contributed by atoms with Crippen molar-refractivity contribution in [1.29, 1.82) is 0 Å². The van der Waals surface area contributed by atoms with E-state index >= 15 is 0 Å². The lowest BCUT2D eigenvalue weighted by Gasteiger charge is -2.31. The zero-order valence-electron chi connectivity index (χ0n) is 19.5. The van der Waals surface area contributed by atoms with Gasteiger partial charge in [0.25, 0.3) is 11.8 Å². The van der Waals surface area contributed by atoms with Crippen LogP contribution in [-0.4, -0.2) is 42.4 Å². The van der Waals surface area contributed by atoms with E-state index in [2.05, 4.69) is 9.69 Å². The van der Waals surface area contributed by atoms with Crippen LogP contribution in [0.4, 0.5) is 15.8 Å². The average molecular weight is 500 g/mol. The van der Waals surface area contributed by atoms with Crippen LogP contribution in [0.5, 0.6) is 0 Å². The van der Waals surface area contributed by atoms with Crippen LogP contribution >= 0.6 is 11.5 Å². The van der Waals surface area contributed by atoms with Crippen molar-refractivity contribution in [3.63, 3.8) is 0 Å². The number of anilines is 2. The SMILES string of the molecule is COCCNC(=O)[C@@H](c1ccc(F)cc1)N(C(=O)c1snc(C(N)=O)c1N)c1ccc(C)c(C)c1. The standard InChI is InChI=1S/C24H26FN5O4S/c1-13-4-9-17(12-14(13)2)30(24(33)21-18(26)19(22(27)31)29-35-21)20(23(32)28-10-11-34-3)15-5-7-16(25)8-6-15/h4-9,12,20H,10-11,26H2,1-3H3,(H2,27,31)(H,28,32)/t20-/m1/s1. The third-order valence-electron chi connectivity index (χ3n) is 5.44. The topological polar surface area (TPSA) is 141 Å². The van der Waals surface area contributed by atoms with Crippen LogP contribution in [0, 0.1) is 19.7 Å². The van der Waals surface area contributed by atoms with Crippen LogP contribution in [-0.2, 0) is 9.53 Å². The summed E-state index contributed by atoms with van der Waals surface area (Å²) in [6.45, 7) is 4.24. The molecular weight excluding hydrogens is 473 g/mol. The first kappa shape index (κ1) is 25.8. The predicted octanol–water partition coefficient (Wildman–Crippen LogP) is 2.73. The van der Waals surface area contributed by atoms with Crippen LogP contribution < -0.4 is 21.7 Å². The molecular formula is C24H26FN5O4S. The summed E-state index contributed by atoms with van der Waals surface area (Å²) in [5.41, 5.74) is 13.6. The molecule has 0 fully saturated rings. The third-order valence-corrected chi connectivity index (χ3v) is 6.29. The van der Waals surface area contributed by atoms with Crippen molar-refractivity contribution in [2.75, 3.05) is 30.9 Å². The number of hydrogen-bond donors (Lipinski definition) is 3. The Hall–Kier alpha value is -3.83. The summed E-state index contributed by atoms with van der Waals surface area (Å²) in [6.07, 6.45) is 0. The number of halogens is 1. The smallest absolute Gasteiger partial charge is 0.273 e. The highest BCUT2D eigenvalue weighted by molar-refractivity contribution is 7.09. The first-order chi connectivity index (χ1) is 16.6. The molecule has 5 N–H and O–H groups in total. The molecule has 2 aromatic carbocycles. The average Bonchev–Trinajstić information content (AvgIpc) is 3.21. The number of benzene rings is 2. The fourth-order valence-electron chi connectivity index (χ4n) is 3.43. The lowest BCUT2D eigenvalue weighted by atomic mass is 10.0. The van der Waals surface area contributed by atoms with E-state index in [1.165, 1.54) is 36.3 Å². The number of ether oxygens (including phenoxy) is 1. The summed E-state index contributed by atoms with van der Waals surface area (Å²) in [6, 6.07) is 9.37. The Bertz CT molecular complexity index is 1250. The first-order valence-corrected chi connectivity index (χ1v) is 11.4. The molecule has 184 valence electrons. The summed E-state index contributed by atoms with van der Waals surface area (Å²) in [5.74, 6) is -2.54. The van der Waals surface area contributed by atoms with Gasteiger partial charge in [0.15, 0.2) is 5.69 Å². The van der Waals surface area contributed by atoms with Crippen molar-refractivity contribution < 1.29 is 23.5 Å². The first-order valence-electron chi connectivity index (χ1n) is 10.6. The fraction of sp³-hybridized carbons (Fsp3) is 0.250. The second kappa shape index (κ2) is 11.1. The third kappa shape index (κ3) is 5.64. The van der Waals surface area contributed by atoms with Gasteiger partial charge >= 0.3 is 0 Å². The zero-order chi connectivity index (χ0) is 25.7. The molecule has 0 unspecified atom stereocenters. The van der Waals surface area contributed by atoms with Gasteiger partial charge in [0.05, 0.1) is 12.3 Å². The van der Waals surface area contributed by atoms with Crippen molar-refractivity contribution in [2.24, 2.45) is 5.73 Å². The van der Waals surface area contributed by atoms with Gasteiger partial charge in [-0.1, -0.05) is 18.2 Å². The minimum Gasteiger partial charge on any atom is -0.395 e. The monoisotopic (exact) mass is 499 g/mol. The van der Waals surface area contributed by atoms with E-state index in [1.54, 1.807) is 12.1 Å². The van der Waals surface area contributed by atoms with E-state index in [9.17, 15) is 18.8 Å². The lowest BCUT2D eigenvalue weighted by molar-refractivity contribution is -0.122. The van der Waals surface area contributed by atoms with Gasteiger partial charge in [-0.3, -0.25) is 19.3 Å². The number of hydrogen-bond acceptors (Lipinski definition) is 7. The number of nitrogens with two attached hydrogens (primary N) is 2. The second-order valence-electron chi connectivity index (χ2n) is 7.82. The maximum atomic E-state index is 13.9. The Balaban J connectivity index is 2.20. The number of nitrogen functional groups attached to an aromatic ring is 1. The van der Waals surface area contributed by atoms with E-state index in [-0.39, 0.29) is 29.4 Å². The number of carbonyl (C=O) groups is 3. The molecule has 1 heterocycles. The molecule has 0 spiro atoms. The molecule has 1 aromatic heterocycles. The van der Waals surface area contributed by atoms with Gasteiger partial charge in [-0.2, -0.15) is 4.37 Å². The highest BCUT2D eigenvalue weighted by Crippen LogP contribution is 2.34. The van der Waals surface area contributed by atoms with E-state index in [1.807, 2.05) is 19.9 Å². The Morgan fingerprint density at radius 2 is 1.83 bits per heavy atom. The normalized spacial score (nSPS) is 11.7. The number of nitrogens with zero attached hydrogens (tertiary/aromatic N) is 2. The number of aryl methyl sites for hydroxylation is 2. The predicted molar refractivity (Wildman–Crippen MR) is 132 cm³/mol. The van der Waals surface area contributed by atoms with Gasteiger partial charge in [-0.15, -0.1) is 0 Å². The van der Waals surface area contributed by atoms with E-state index in [4.69, 9.17) is 16.2 Å². The van der Waals surface area contributed by atoms with E-state index < -0.39 is 29.6 Å². The lowest BCUT2D eigenvalue weighted by Crippen LogP contribution is -2.44. The van der Waals surface area contributed by atoms with E-state index in [0.717, 1.165) is 11.1 Å². The number of nitrogens with one attached hydrogen (secondary N) is 1.